The van der Waals surface area contributed by atoms with Crippen LogP contribution in [0.25, 0.3) is 0 Å². The van der Waals surface area contributed by atoms with Crippen molar-refractivity contribution in [2.45, 2.75) is 46.1 Å². The van der Waals surface area contributed by atoms with Gasteiger partial charge in [-0.15, -0.1) is 11.3 Å². The Balaban J connectivity index is 1.93. The Kier molecular flexibility index (Phi) is 6.77. The third-order valence-corrected chi connectivity index (χ3v) is 7.77. The number of nitrogens with zero attached hydrogens (tertiary/aromatic N) is 2. The van der Waals surface area contributed by atoms with Gasteiger partial charge in [0.1, 0.15) is 9.77 Å². The van der Waals surface area contributed by atoms with E-state index in [0.717, 1.165) is 40.1 Å². The fourth-order valence-corrected chi connectivity index (χ4v) is 5.88. The van der Waals surface area contributed by atoms with E-state index in [1.807, 2.05) is 40.9 Å². The van der Waals surface area contributed by atoms with E-state index in [4.69, 9.17) is 4.52 Å². The lowest BCUT2D eigenvalue weighted by Crippen LogP contribution is -2.20. The van der Waals surface area contributed by atoms with Gasteiger partial charge in [-0.3, -0.25) is 4.79 Å². The Bertz CT molecular complexity index is 1270. The van der Waals surface area contributed by atoms with Crippen LogP contribution in [0.1, 0.15) is 43.2 Å². The van der Waals surface area contributed by atoms with Gasteiger partial charge >= 0.3 is 0 Å². The summed E-state index contributed by atoms with van der Waals surface area (Å²) in [4.78, 5) is 15.2. The molecule has 0 bridgehead atoms. The number of aryl methyl sites for hydroxylation is 3. The van der Waals surface area contributed by atoms with Crippen LogP contribution in [0.5, 0.6) is 0 Å². The lowest BCUT2D eigenvalue weighted by molar-refractivity contribution is 0.102. The molecule has 32 heavy (non-hydrogen) atoms. The molecule has 0 aliphatic heterocycles. The van der Waals surface area contributed by atoms with Crippen molar-refractivity contribution < 1.29 is 17.7 Å². The molecule has 0 saturated carbocycles. The minimum Gasteiger partial charge on any atom is -0.337 e. The maximum absolute atomic E-state index is 13.1. The largest absolute Gasteiger partial charge is 0.337 e. The Morgan fingerprint density at radius 3 is 2.41 bits per heavy atom. The molecule has 2 N–H and O–H groups in total. The van der Waals surface area contributed by atoms with E-state index in [1.165, 1.54) is 6.07 Å². The number of benzene rings is 1. The molecule has 0 saturated heterocycles. The average molecular weight is 477 g/mol. The number of aromatic nitrogens is 1. The van der Waals surface area contributed by atoms with Crippen molar-refractivity contribution in [1.29, 1.82) is 0 Å². The number of nitrogens with one attached hydrogen (secondary N) is 2. The van der Waals surface area contributed by atoms with Crippen LogP contribution in [0.4, 0.5) is 11.6 Å². The number of thiophene rings is 1. The summed E-state index contributed by atoms with van der Waals surface area (Å²) >= 11 is 1.07. The molecule has 3 aromatic rings. The second kappa shape index (κ2) is 9.05. The average Bonchev–Trinajstić information content (AvgIpc) is 3.31. The number of hydrogen-bond acceptors (Lipinski definition) is 7. The normalized spacial score (nSPS) is 11.8. The molecule has 2 heterocycles. The van der Waals surface area contributed by atoms with Gasteiger partial charge in [-0.1, -0.05) is 11.2 Å². The third-order valence-electron chi connectivity index (χ3n) is 5.35. The topological polar surface area (TPSA) is 105 Å². The van der Waals surface area contributed by atoms with Gasteiger partial charge in [0.25, 0.3) is 15.9 Å². The lowest BCUT2D eigenvalue weighted by atomic mass is 9.96. The van der Waals surface area contributed by atoms with Crippen LogP contribution in [-0.2, 0) is 16.6 Å². The van der Waals surface area contributed by atoms with Crippen molar-refractivity contribution in [3.05, 3.63) is 55.9 Å². The van der Waals surface area contributed by atoms with Crippen LogP contribution in [0.2, 0.25) is 0 Å². The minimum absolute atomic E-state index is 0.0404. The van der Waals surface area contributed by atoms with Crippen molar-refractivity contribution in [2.24, 2.45) is 0 Å². The summed E-state index contributed by atoms with van der Waals surface area (Å²) in [5.74, 6) is -0.435. The number of carbonyl (C=O) groups is 1. The van der Waals surface area contributed by atoms with Gasteiger partial charge in [0.05, 0.1) is 5.69 Å². The molecule has 0 unspecified atom stereocenters. The van der Waals surface area contributed by atoms with Crippen LogP contribution < -0.4 is 10.0 Å². The number of anilines is 2. The summed E-state index contributed by atoms with van der Waals surface area (Å²) < 4.78 is 33.4. The number of hydrogen-bond donors (Lipinski definition) is 2. The quantitative estimate of drug-likeness (QED) is 0.524. The molecule has 0 atom stereocenters. The zero-order chi connectivity index (χ0) is 23.8. The van der Waals surface area contributed by atoms with Gasteiger partial charge in [-0.05, 0) is 82.4 Å². The molecule has 1 aromatic carbocycles. The summed E-state index contributed by atoms with van der Waals surface area (Å²) in [7, 11) is -0.0578. The van der Waals surface area contributed by atoms with Crippen molar-refractivity contribution in [1.82, 2.24) is 10.1 Å². The Labute approximate surface area is 192 Å². The van der Waals surface area contributed by atoms with E-state index in [1.54, 1.807) is 19.2 Å². The fourth-order valence-electron chi connectivity index (χ4n) is 3.51. The highest BCUT2D eigenvalue weighted by atomic mass is 32.2. The smallest absolute Gasteiger partial charge is 0.267 e. The molecule has 0 fully saturated rings. The number of amides is 1. The van der Waals surface area contributed by atoms with E-state index < -0.39 is 15.9 Å². The van der Waals surface area contributed by atoms with Gasteiger partial charge in [-0.2, -0.15) is 0 Å². The molecule has 10 heteroatoms. The second-order valence-corrected chi connectivity index (χ2v) is 10.7. The molecule has 0 spiro atoms. The molecular formula is C22H28N4O4S2. The third kappa shape index (κ3) is 4.72. The predicted molar refractivity (Wildman–Crippen MR) is 127 cm³/mol. The first-order valence-electron chi connectivity index (χ1n) is 10.0. The van der Waals surface area contributed by atoms with E-state index in [-0.39, 0.29) is 15.7 Å². The van der Waals surface area contributed by atoms with E-state index in [0.29, 0.717) is 16.9 Å². The van der Waals surface area contributed by atoms with Gasteiger partial charge in [0, 0.05) is 17.8 Å². The minimum atomic E-state index is -4.04. The van der Waals surface area contributed by atoms with Crippen LogP contribution in [-0.4, -0.2) is 38.5 Å². The molecule has 0 radical (unpaired) electrons. The maximum Gasteiger partial charge on any atom is 0.267 e. The highest BCUT2D eigenvalue weighted by Crippen LogP contribution is 2.31. The molecular weight excluding hydrogens is 448 g/mol. The van der Waals surface area contributed by atoms with E-state index >= 15 is 0 Å². The Morgan fingerprint density at radius 2 is 1.81 bits per heavy atom. The summed E-state index contributed by atoms with van der Waals surface area (Å²) in [6, 6.07) is 3.44. The van der Waals surface area contributed by atoms with Crippen molar-refractivity contribution in [3.63, 3.8) is 0 Å². The standard InChI is InChI=1S/C22H28N4O4S2/c1-12-10-13(2)19(15(4)17(12)11-26(6)7)23-21(27)20-18(8-9-31-20)32(28,29)25-22-14(3)16(5)24-30-22/h8-10,25H,11H2,1-7H3,(H,23,27). The number of rotatable bonds is 7. The lowest BCUT2D eigenvalue weighted by Gasteiger charge is -2.20. The molecule has 2 aromatic heterocycles. The Hall–Kier alpha value is -2.69. The zero-order valence-corrected chi connectivity index (χ0v) is 20.9. The maximum atomic E-state index is 13.1. The Morgan fingerprint density at radius 1 is 1.12 bits per heavy atom. The first-order valence-corrected chi connectivity index (χ1v) is 12.4. The molecule has 0 aliphatic rings. The van der Waals surface area contributed by atoms with Crippen molar-refractivity contribution in [2.75, 3.05) is 24.1 Å². The first-order chi connectivity index (χ1) is 14.9. The van der Waals surface area contributed by atoms with Crippen LogP contribution in [0, 0.1) is 34.6 Å². The summed E-state index contributed by atoms with van der Waals surface area (Å²) in [6.07, 6.45) is 0. The first kappa shape index (κ1) is 24.0. The van der Waals surface area contributed by atoms with Crippen LogP contribution in [0.3, 0.4) is 0 Å². The molecule has 3 rings (SSSR count). The summed E-state index contributed by atoms with van der Waals surface area (Å²) in [5.41, 5.74) is 6.04. The van der Waals surface area contributed by atoms with Gasteiger partial charge in [0.15, 0.2) is 0 Å². The summed E-state index contributed by atoms with van der Waals surface area (Å²) in [5, 5.41) is 8.28. The van der Waals surface area contributed by atoms with E-state index in [9.17, 15) is 13.2 Å². The SMILES string of the molecule is Cc1cc(C)c(NC(=O)c2sccc2S(=O)(=O)Nc2onc(C)c2C)c(C)c1CN(C)C. The highest BCUT2D eigenvalue weighted by Gasteiger charge is 2.27. The molecule has 8 nitrogen and oxygen atoms in total. The summed E-state index contributed by atoms with van der Waals surface area (Å²) in [6.45, 7) is 10.1. The van der Waals surface area contributed by atoms with Gasteiger partial charge in [0.2, 0.25) is 5.88 Å². The van der Waals surface area contributed by atoms with Gasteiger partial charge < -0.3 is 14.7 Å². The number of carbonyl (C=O) groups excluding carboxylic acids is 1. The molecule has 172 valence electrons. The van der Waals surface area contributed by atoms with Crippen molar-refractivity contribution in [3.8, 4) is 0 Å². The predicted octanol–water partition coefficient (Wildman–Crippen LogP) is 4.39. The second-order valence-electron chi connectivity index (χ2n) is 8.12. The van der Waals surface area contributed by atoms with Crippen LogP contribution >= 0.6 is 11.3 Å². The molecule has 1 amide bonds. The van der Waals surface area contributed by atoms with Gasteiger partial charge in [-0.25, -0.2) is 13.1 Å². The zero-order valence-electron chi connectivity index (χ0n) is 19.3. The monoisotopic (exact) mass is 476 g/mol. The number of sulfonamides is 1. The van der Waals surface area contributed by atoms with Crippen LogP contribution in [0.15, 0.2) is 26.9 Å². The molecule has 0 aliphatic carbocycles. The fraction of sp³-hybridized carbons (Fsp3) is 0.364. The van der Waals surface area contributed by atoms with E-state index in [2.05, 4.69) is 20.1 Å². The van der Waals surface area contributed by atoms with Crippen molar-refractivity contribution >= 4 is 38.8 Å². The highest BCUT2D eigenvalue weighted by molar-refractivity contribution is 7.93.